The van der Waals surface area contributed by atoms with Crippen LogP contribution in [0, 0.1) is 0 Å². The molecule has 1 aromatic rings. The van der Waals surface area contributed by atoms with Gasteiger partial charge in [-0.05, 0) is 25.8 Å². The zero-order chi connectivity index (χ0) is 13.2. The molecular weight excluding hydrogens is 252 g/mol. The average molecular weight is 269 g/mol. The minimum absolute atomic E-state index is 0.0506. The van der Waals surface area contributed by atoms with Crippen molar-refractivity contribution in [2.24, 2.45) is 0 Å². The van der Waals surface area contributed by atoms with Gasteiger partial charge < -0.3 is 9.64 Å². The molecule has 2 heterocycles. The average Bonchev–Trinajstić information content (AvgIpc) is 2.39. The Balaban J connectivity index is 2.17. The van der Waals surface area contributed by atoms with Crippen LogP contribution >= 0.6 is 11.6 Å². The van der Waals surface area contributed by atoms with Crippen molar-refractivity contribution in [3.8, 4) is 0 Å². The van der Waals surface area contributed by atoms with Crippen molar-refractivity contribution < 1.29 is 9.53 Å². The van der Waals surface area contributed by atoms with Gasteiger partial charge in [0.15, 0.2) is 0 Å². The highest BCUT2D eigenvalue weighted by molar-refractivity contribution is 6.33. The zero-order valence-corrected chi connectivity index (χ0v) is 11.4. The van der Waals surface area contributed by atoms with E-state index in [9.17, 15) is 4.79 Å². The Hall–Kier alpha value is -1.13. The molecule has 1 amide bonds. The number of pyridine rings is 1. The van der Waals surface area contributed by atoms with Crippen molar-refractivity contribution in [3.05, 3.63) is 29.0 Å². The van der Waals surface area contributed by atoms with E-state index in [1.807, 2.05) is 6.92 Å². The highest BCUT2D eigenvalue weighted by Gasteiger charge is 2.33. The maximum absolute atomic E-state index is 12.4. The van der Waals surface area contributed by atoms with E-state index in [-0.39, 0.29) is 11.5 Å². The first-order valence-corrected chi connectivity index (χ1v) is 6.37. The molecule has 1 saturated heterocycles. The van der Waals surface area contributed by atoms with Gasteiger partial charge in [0.25, 0.3) is 5.91 Å². The molecule has 0 bridgehead atoms. The van der Waals surface area contributed by atoms with E-state index in [0.717, 1.165) is 19.4 Å². The molecule has 1 aliphatic heterocycles. The Morgan fingerprint density at radius 1 is 1.61 bits per heavy atom. The summed E-state index contributed by atoms with van der Waals surface area (Å²) in [7, 11) is 1.69. The minimum Gasteiger partial charge on any atom is -0.377 e. The number of rotatable bonds is 2. The third kappa shape index (κ3) is 2.65. The number of halogens is 1. The third-order valence-electron chi connectivity index (χ3n) is 3.44. The lowest BCUT2D eigenvalue weighted by Gasteiger charge is -2.39. The predicted octanol–water partition coefficient (Wildman–Crippen LogP) is 2.38. The number of amides is 1. The molecule has 0 aliphatic carbocycles. The SMILES string of the molecule is COC1(C)CCCN(C(=O)c2ccncc2Cl)C1. The van der Waals surface area contributed by atoms with E-state index in [0.29, 0.717) is 17.1 Å². The van der Waals surface area contributed by atoms with Gasteiger partial charge in [-0.2, -0.15) is 0 Å². The Bertz CT molecular complexity index is 452. The van der Waals surface area contributed by atoms with Gasteiger partial charge >= 0.3 is 0 Å². The second-order valence-corrected chi connectivity index (χ2v) is 5.25. The summed E-state index contributed by atoms with van der Waals surface area (Å²) in [5.74, 6) is -0.0506. The van der Waals surface area contributed by atoms with Crippen LogP contribution in [-0.2, 0) is 4.74 Å². The van der Waals surface area contributed by atoms with Crippen LogP contribution < -0.4 is 0 Å². The first-order valence-electron chi connectivity index (χ1n) is 6.00. The summed E-state index contributed by atoms with van der Waals surface area (Å²) in [6, 6.07) is 1.66. The van der Waals surface area contributed by atoms with Crippen LogP contribution in [0.5, 0.6) is 0 Å². The van der Waals surface area contributed by atoms with Crippen LogP contribution in [-0.4, -0.2) is 41.6 Å². The fraction of sp³-hybridized carbons (Fsp3) is 0.538. The maximum atomic E-state index is 12.4. The van der Waals surface area contributed by atoms with Gasteiger partial charge in [-0.3, -0.25) is 9.78 Å². The number of nitrogens with zero attached hydrogens (tertiary/aromatic N) is 2. The number of ether oxygens (including phenoxy) is 1. The highest BCUT2D eigenvalue weighted by atomic mass is 35.5. The number of aromatic nitrogens is 1. The van der Waals surface area contributed by atoms with Crippen LogP contribution in [0.4, 0.5) is 0 Å². The lowest BCUT2D eigenvalue weighted by Crippen LogP contribution is -2.49. The van der Waals surface area contributed by atoms with Crippen molar-refractivity contribution in [2.45, 2.75) is 25.4 Å². The first kappa shape index (κ1) is 13.3. The summed E-state index contributed by atoms with van der Waals surface area (Å²) >= 11 is 6.00. The largest absolute Gasteiger partial charge is 0.377 e. The smallest absolute Gasteiger partial charge is 0.255 e. The van der Waals surface area contributed by atoms with Crippen molar-refractivity contribution in [1.82, 2.24) is 9.88 Å². The van der Waals surface area contributed by atoms with E-state index < -0.39 is 0 Å². The molecule has 1 unspecified atom stereocenters. The summed E-state index contributed by atoms with van der Waals surface area (Å²) in [5, 5.41) is 0.396. The number of methoxy groups -OCH3 is 1. The van der Waals surface area contributed by atoms with Gasteiger partial charge in [0.05, 0.1) is 16.2 Å². The molecule has 0 aromatic carbocycles. The number of carbonyl (C=O) groups is 1. The minimum atomic E-state index is -0.257. The molecule has 18 heavy (non-hydrogen) atoms. The summed E-state index contributed by atoms with van der Waals surface area (Å²) in [6.45, 7) is 3.37. The molecule has 5 heteroatoms. The molecule has 0 saturated carbocycles. The molecular formula is C13H17ClN2O2. The molecule has 98 valence electrons. The Labute approximate surface area is 112 Å². The van der Waals surface area contributed by atoms with Gasteiger partial charge in [-0.1, -0.05) is 11.6 Å². The Morgan fingerprint density at radius 3 is 3.06 bits per heavy atom. The fourth-order valence-corrected chi connectivity index (χ4v) is 2.46. The molecule has 2 rings (SSSR count). The van der Waals surface area contributed by atoms with E-state index in [1.54, 1.807) is 24.3 Å². The summed E-state index contributed by atoms with van der Waals surface area (Å²) in [4.78, 5) is 18.1. The molecule has 1 atom stereocenters. The highest BCUT2D eigenvalue weighted by Crippen LogP contribution is 2.26. The fourth-order valence-electron chi connectivity index (χ4n) is 2.26. The maximum Gasteiger partial charge on any atom is 0.255 e. The second kappa shape index (κ2) is 5.24. The van der Waals surface area contributed by atoms with E-state index >= 15 is 0 Å². The lowest BCUT2D eigenvalue weighted by atomic mass is 9.94. The van der Waals surface area contributed by atoms with E-state index in [2.05, 4.69) is 4.98 Å². The number of likely N-dealkylation sites (tertiary alicyclic amines) is 1. The van der Waals surface area contributed by atoms with Crippen LogP contribution in [0.2, 0.25) is 5.02 Å². The van der Waals surface area contributed by atoms with Gasteiger partial charge in [0.2, 0.25) is 0 Å². The number of hydrogen-bond acceptors (Lipinski definition) is 3. The molecule has 1 aliphatic rings. The zero-order valence-electron chi connectivity index (χ0n) is 10.6. The van der Waals surface area contributed by atoms with Crippen molar-refractivity contribution in [1.29, 1.82) is 0 Å². The molecule has 1 fully saturated rings. The van der Waals surface area contributed by atoms with E-state index in [4.69, 9.17) is 16.3 Å². The van der Waals surface area contributed by atoms with Crippen molar-refractivity contribution >= 4 is 17.5 Å². The summed E-state index contributed by atoms with van der Waals surface area (Å²) in [6.07, 6.45) is 4.99. The lowest BCUT2D eigenvalue weighted by molar-refractivity contribution is -0.0440. The number of carbonyl (C=O) groups excluding carboxylic acids is 1. The van der Waals surface area contributed by atoms with Gasteiger partial charge in [0, 0.05) is 32.6 Å². The molecule has 0 radical (unpaired) electrons. The molecule has 1 aromatic heterocycles. The second-order valence-electron chi connectivity index (χ2n) is 4.84. The van der Waals surface area contributed by atoms with Gasteiger partial charge in [0.1, 0.15) is 0 Å². The van der Waals surface area contributed by atoms with Crippen molar-refractivity contribution in [2.75, 3.05) is 20.2 Å². The Morgan fingerprint density at radius 2 is 2.39 bits per heavy atom. The molecule has 0 spiro atoms. The number of hydrogen-bond donors (Lipinski definition) is 0. The van der Waals surface area contributed by atoms with Crippen LogP contribution in [0.25, 0.3) is 0 Å². The summed E-state index contributed by atoms with van der Waals surface area (Å²) in [5.41, 5.74) is 0.250. The summed E-state index contributed by atoms with van der Waals surface area (Å²) < 4.78 is 5.49. The van der Waals surface area contributed by atoms with Gasteiger partial charge in [-0.15, -0.1) is 0 Å². The predicted molar refractivity (Wildman–Crippen MR) is 69.8 cm³/mol. The molecule has 0 N–H and O–H groups in total. The topological polar surface area (TPSA) is 42.4 Å². The first-order chi connectivity index (χ1) is 8.56. The standard InChI is InChI=1S/C13H17ClN2O2/c1-13(18-2)5-3-7-16(9-13)12(17)10-4-6-15-8-11(10)14/h4,6,8H,3,5,7,9H2,1-2H3. The molecule has 4 nitrogen and oxygen atoms in total. The normalized spacial score (nSPS) is 24.1. The monoisotopic (exact) mass is 268 g/mol. The van der Waals surface area contributed by atoms with E-state index in [1.165, 1.54) is 6.20 Å². The Kier molecular flexibility index (Phi) is 3.88. The van der Waals surface area contributed by atoms with Crippen LogP contribution in [0.15, 0.2) is 18.5 Å². The third-order valence-corrected chi connectivity index (χ3v) is 3.74. The van der Waals surface area contributed by atoms with Crippen LogP contribution in [0.1, 0.15) is 30.1 Å². The van der Waals surface area contributed by atoms with Crippen LogP contribution in [0.3, 0.4) is 0 Å². The quantitative estimate of drug-likeness (QED) is 0.827. The number of piperidine rings is 1. The van der Waals surface area contributed by atoms with Gasteiger partial charge in [-0.25, -0.2) is 0 Å². The van der Waals surface area contributed by atoms with Crippen molar-refractivity contribution in [3.63, 3.8) is 0 Å².